The van der Waals surface area contributed by atoms with Crippen LogP contribution in [0.4, 0.5) is 5.69 Å². The Morgan fingerprint density at radius 3 is 2.58 bits per heavy atom. The molecule has 0 aliphatic carbocycles. The lowest BCUT2D eigenvalue weighted by atomic mass is 10.2. The summed E-state index contributed by atoms with van der Waals surface area (Å²) >= 11 is 0. The lowest BCUT2D eigenvalue weighted by Crippen LogP contribution is -2.14. The van der Waals surface area contributed by atoms with Crippen molar-refractivity contribution < 1.29 is 14.5 Å². The van der Waals surface area contributed by atoms with Crippen LogP contribution in [0.5, 0.6) is 0 Å². The van der Waals surface area contributed by atoms with Crippen LogP contribution >= 0.6 is 0 Å². The predicted octanol–water partition coefficient (Wildman–Crippen LogP) is 1.80. The first-order valence-corrected chi connectivity index (χ1v) is 5.73. The third-order valence-corrected chi connectivity index (χ3v) is 2.54. The monoisotopic (exact) mass is 264 g/mol. The minimum Gasteiger partial charge on any atom is -0.466 e. The molecule has 0 unspecified atom stereocenters. The maximum atomic E-state index is 11.1. The molecule has 6 nitrogen and oxygen atoms in total. The van der Waals surface area contributed by atoms with Gasteiger partial charge in [-0.25, -0.2) is 4.79 Å². The number of carbonyl (C=O) groups is 1. The molecule has 1 aromatic rings. The average Bonchev–Trinajstić information content (AvgIpc) is 2.42. The molecule has 0 saturated carbocycles. The first-order chi connectivity index (χ1) is 9.04. The number of hydrogen-bond acceptors (Lipinski definition) is 5. The number of nitrogens with zero attached hydrogens (tertiary/aromatic N) is 1. The van der Waals surface area contributed by atoms with Gasteiger partial charge in [-0.15, -0.1) is 0 Å². The van der Waals surface area contributed by atoms with Crippen molar-refractivity contribution in [2.24, 2.45) is 0 Å². The van der Waals surface area contributed by atoms with E-state index in [4.69, 9.17) is 0 Å². The number of nitrogens with one attached hydrogen (secondary N) is 1. The Hall–Kier alpha value is -2.21. The molecule has 0 spiro atoms. The van der Waals surface area contributed by atoms with Crippen molar-refractivity contribution in [1.82, 2.24) is 5.32 Å². The Morgan fingerprint density at radius 1 is 1.42 bits per heavy atom. The molecule has 1 aromatic carbocycles. The van der Waals surface area contributed by atoms with E-state index in [9.17, 15) is 14.9 Å². The van der Waals surface area contributed by atoms with E-state index in [2.05, 4.69) is 10.1 Å². The van der Waals surface area contributed by atoms with Crippen molar-refractivity contribution in [3.05, 3.63) is 51.6 Å². The van der Waals surface area contributed by atoms with Crippen LogP contribution in [0.15, 0.2) is 35.9 Å². The maximum absolute atomic E-state index is 11.1. The Labute approximate surface area is 111 Å². The zero-order valence-corrected chi connectivity index (χ0v) is 10.9. The summed E-state index contributed by atoms with van der Waals surface area (Å²) in [5.41, 5.74) is 1.55. The fourth-order valence-electron chi connectivity index (χ4n) is 1.42. The van der Waals surface area contributed by atoms with Crippen molar-refractivity contribution in [2.75, 3.05) is 13.7 Å². The van der Waals surface area contributed by atoms with Crippen LogP contribution < -0.4 is 5.32 Å². The second kappa shape index (κ2) is 7.27. The number of rotatable bonds is 6. The standard InChI is InChI=1S/C13H16N2O4/c1-10(13(16)19-2)7-8-14-9-11-3-5-12(6-4-11)15(17)18/h3-7,14H,8-9H2,1-2H3/b10-7+. The number of esters is 1. The second-order valence-electron chi connectivity index (χ2n) is 3.93. The van der Waals surface area contributed by atoms with Gasteiger partial charge in [0.15, 0.2) is 0 Å². The van der Waals surface area contributed by atoms with Crippen LogP contribution in [0.2, 0.25) is 0 Å². The third-order valence-electron chi connectivity index (χ3n) is 2.54. The minimum atomic E-state index is -0.431. The van der Waals surface area contributed by atoms with Gasteiger partial charge in [-0.05, 0) is 12.5 Å². The molecule has 0 aliphatic heterocycles. The molecule has 102 valence electrons. The summed E-state index contributed by atoms with van der Waals surface area (Å²) in [6.07, 6.45) is 1.73. The first kappa shape index (κ1) is 14.8. The molecule has 1 rings (SSSR count). The SMILES string of the molecule is COC(=O)/C(C)=C/CNCc1ccc([N+](=O)[O-])cc1. The van der Waals surface area contributed by atoms with Crippen molar-refractivity contribution in [3.63, 3.8) is 0 Å². The topological polar surface area (TPSA) is 81.5 Å². The molecule has 0 fully saturated rings. The van der Waals surface area contributed by atoms with Crippen LogP contribution in [-0.4, -0.2) is 24.5 Å². The van der Waals surface area contributed by atoms with E-state index in [1.54, 1.807) is 25.1 Å². The summed E-state index contributed by atoms with van der Waals surface area (Å²) < 4.78 is 4.56. The van der Waals surface area contributed by atoms with Gasteiger partial charge in [-0.3, -0.25) is 10.1 Å². The quantitative estimate of drug-likeness (QED) is 0.278. The highest BCUT2D eigenvalue weighted by molar-refractivity contribution is 5.87. The van der Waals surface area contributed by atoms with E-state index in [1.165, 1.54) is 19.2 Å². The number of ether oxygens (including phenoxy) is 1. The first-order valence-electron chi connectivity index (χ1n) is 5.73. The molecule has 19 heavy (non-hydrogen) atoms. The van der Waals surface area contributed by atoms with E-state index in [1.807, 2.05) is 0 Å². The van der Waals surface area contributed by atoms with E-state index in [0.717, 1.165) is 5.56 Å². The lowest BCUT2D eigenvalue weighted by molar-refractivity contribution is -0.384. The van der Waals surface area contributed by atoms with Gasteiger partial charge in [0, 0.05) is 30.8 Å². The average molecular weight is 264 g/mol. The highest BCUT2D eigenvalue weighted by atomic mass is 16.6. The van der Waals surface area contributed by atoms with E-state index < -0.39 is 4.92 Å². The fourth-order valence-corrected chi connectivity index (χ4v) is 1.42. The van der Waals surface area contributed by atoms with Crippen molar-refractivity contribution in [3.8, 4) is 0 Å². The zero-order valence-electron chi connectivity index (χ0n) is 10.9. The highest BCUT2D eigenvalue weighted by Crippen LogP contribution is 2.11. The van der Waals surface area contributed by atoms with Gasteiger partial charge in [-0.1, -0.05) is 18.2 Å². The largest absolute Gasteiger partial charge is 0.466 e. The second-order valence-corrected chi connectivity index (χ2v) is 3.93. The highest BCUT2D eigenvalue weighted by Gasteiger charge is 2.04. The Balaban J connectivity index is 2.41. The summed E-state index contributed by atoms with van der Waals surface area (Å²) in [4.78, 5) is 21.1. The zero-order chi connectivity index (χ0) is 14.3. The molecule has 1 N–H and O–H groups in total. The van der Waals surface area contributed by atoms with Gasteiger partial charge in [0.1, 0.15) is 0 Å². The number of non-ortho nitro benzene ring substituents is 1. The van der Waals surface area contributed by atoms with Gasteiger partial charge in [0.05, 0.1) is 12.0 Å². The summed E-state index contributed by atoms with van der Waals surface area (Å²) in [5.74, 6) is -0.350. The van der Waals surface area contributed by atoms with Gasteiger partial charge >= 0.3 is 5.97 Å². The molecule has 0 aliphatic rings. The molecule has 0 atom stereocenters. The molecular formula is C13H16N2O4. The van der Waals surface area contributed by atoms with Crippen molar-refractivity contribution in [1.29, 1.82) is 0 Å². The van der Waals surface area contributed by atoms with Gasteiger partial charge in [0.25, 0.3) is 5.69 Å². The van der Waals surface area contributed by atoms with E-state index in [-0.39, 0.29) is 11.7 Å². The van der Waals surface area contributed by atoms with Crippen molar-refractivity contribution >= 4 is 11.7 Å². The van der Waals surface area contributed by atoms with E-state index in [0.29, 0.717) is 18.7 Å². The number of nitro benzene ring substituents is 1. The normalized spacial score (nSPS) is 11.2. The smallest absolute Gasteiger partial charge is 0.333 e. The summed E-state index contributed by atoms with van der Waals surface area (Å²) in [6, 6.07) is 6.32. The molecule has 0 aromatic heterocycles. The minimum absolute atomic E-state index is 0.0742. The molecule has 0 saturated heterocycles. The van der Waals surface area contributed by atoms with Gasteiger partial charge in [0.2, 0.25) is 0 Å². The van der Waals surface area contributed by atoms with Crippen molar-refractivity contribution in [2.45, 2.75) is 13.5 Å². The number of nitro groups is 1. The van der Waals surface area contributed by atoms with Crippen LogP contribution in [0.3, 0.4) is 0 Å². The lowest BCUT2D eigenvalue weighted by Gasteiger charge is -2.03. The molecule has 0 radical (unpaired) electrons. The molecule has 6 heteroatoms. The Morgan fingerprint density at radius 2 is 2.05 bits per heavy atom. The van der Waals surface area contributed by atoms with Gasteiger partial charge < -0.3 is 10.1 Å². The molecular weight excluding hydrogens is 248 g/mol. The maximum Gasteiger partial charge on any atom is 0.333 e. The summed E-state index contributed by atoms with van der Waals surface area (Å²) in [6.45, 7) is 2.78. The van der Waals surface area contributed by atoms with Gasteiger partial charge in [-0.2, -0.15) is 0 Å². The Bertz CT molecular complexity index is 480. The van der Waals surface area contributed by atoms with Crippen LogP contribution in [-0.2, 0) is 16.1 Å². The third kappa shape index (κ3) is 4.89. The molecule has 0 heterocycles. The van der Waals surface area contributed by atoms with Crippen LogP contribution in [0.1, 0.15) is 12.5 Å². The summed E-state index contributed by atoms with van der Waals surface area (Å²) in [7, 11) is 1.34. The number of carbonyl (C=O) groups excluding carboxylic acids is 1. The van der Waals surface area contributed by atoms with Crippen LogP contribution in [0, 0.1) is 10.1 Å². The van der Waals surface area contributed by atoms with E-state index >= 15 is 0 Å². The number of benzene rings is 1. The number of methoxy groups -OCH3 is 1. The Kier molecular flexibility index (Phi) is 5.69. The molecule has 0 bridgehead atoms. The summed E-state index contributed by atoms with van der Waals surface area (Å²) in [5, 5.41) is 13.6. The fraction of sp³-hybridized carbons (Fsp3) is 0.308. The van der Waals surface area contributed by atoms with Crippen LogP contribution in [0.25, 0.3) is 0 Å². The number of hydrogen-bond donors (Lipinski definition) is 1. The molecule has 0 amide bonds. The predicted molar refractivity (Wildman–Crippen MR) is 70.6 cm³/mol.